The van der Waals surface area contributed by atoms with E-state index < -0.39 is 0 Å². The molecule has 3 aromatic carbocycles. The van der Waals surface area contributed by atoms with Crippen molar-refractivity contribution >= 4 is 51.7 Å². The average molecular weight is 523 g/mol. The predicted molar refractivity (Wildman–Crippen MR) is 154 cm³/mol. The molecule has 1 amide bonds. The van der Waals surface area contributed by atoms with Gasteiger partial charge in [0.2, 0.25) is 0 Å². The van der Waals surface area contributed by atoms with E-state index in [0.717, 1.165) is 53.2 Å². The molecule has 1 heterocycles. The minimum absolute atomic E-state index is 0.280. The Hall–Kier alpha value is -4.63. The van der Waals surface area contributed by atoms with Crippen LogP contribution in [0.5, 0.6) is 0 Å². The molecule has 0 saturated heterocycles. The van der Waals surface area contributed by atoms with E-state index in [9.17, 15) is 4.79 Å². The van der Waals surface area contributed by atoms with E-state index in [2.05, 4.69) is 31.4 Å². The molecule has 0 radical (unpaired) electrons. The summed E-state index contributed by atoms with van der Waals surface area (Å²) in [6, 6.07) is 26.3. The van der Waals surface area contributed by atoms with Crippen LogP contribution in [0.1, 0.15) is 40.3 Å². The maximum atomic E-state index is 13.1. The normalized spacial score (nSPS) is 13.8. The summed E-state index contributed by atoms with van der Waals surface area (Å²) in [6.07, 6.45) is 2.38. The molecule has 0 aliphatic heterocycles. The van der Waals surface area contributed by atoms with Crippen LogP contribution in [0.25, 0.3) is 0 Å². The van der Waals surface area contributed by atoms with Gasteiger partial charge in [0.1, 0.15) is 5.76 Å². The zero-order chi connectivity index (χ0) is 26.3. The van der Waals surface area contributed by atoms with Gasteiger partial charge in [0, 0.05) is 28.9 Å². The lowest BCUT2D eigenvalue weighted by Crippen LogP contribution is -2.26. The van der Waals surface area contributed by atoms with Gasteiger partial charge in [-0.15, -0.1) is 0 Å². The highest BCUT2D eigenvalue weighted by Crippen LogP contribution is 2.30. The number of anilines is 2. The van der Waals surface area contributed by atoms with Crippen molar-refractivity contribution in [3.8, 4) is 0 Å². The first-order chi connectivity index (χ1) is 18.6. The maximum Gasteiger partial charge on any atom is 0.291 e. The molecule has 9 heteroatoms. The standard InChI is InChI=1S/C29H26N6O2S/c1-19-26-24(34-35-29(38)31-20-9-4-2-5-10-20)13-8-14-25(26)37-27(19)28(36)30-21-15-17-23(18-16-21)33-32-22-11-6-3-7-12-22/h2-7,9-12,15-18H,8,13-14H2,1H3,(H,30,36)(H2,31,35,38)/b33-32?,34-24+. The lowest BCUT2D eigenvalue weighted by atomic mass is 9.93. The van der Waals surface area contributed by atoms with Crippen molar-refractivity contribution in [1.29, 1.82) is 0 Å². The SMILES string of the molecule is Cc1c(C(=O)Nc2ccc(N=Nc3ccccc3)cc2)oc2c1/C(=N/NC(=S)Nc1ccccc1)CCC2. The molecule has 0 unspecified atom stereocenters. The van der Waals surface area contributed by atoms with Gasteiger partial charge in [0.15, 0.2) is 10.9 Å². The minimum Gasteiger partial charge on any atom is -0.455 e. The number of carbonyl (C=O) groups excluding carboxylic acids is 1. The van der Waals surface area contributed by atoms with Crippen molar-refractivity contribution in [1.82, 2.24) is 5.43 Å². The van der Waals surface area contributed by atoms with Crippen LogP contribution in [0.2, 0.25) is 0 Å². The summed E-state index contributed by atoms with van der Waals surface area (Å²) >= 11 is 5.38. The van der Waals surface area contributed by atoms with E-state index in [0.29, 0.717) is 16.5 Å². The minimum atomic E-state index is -0.316. The number of nitrogens with one attached hydrogen (secondary N) is 3. The first-order valence-corrected chi connectivity index (χ1v) is 12.7. The van der Waals surface area contributed by atoms with E-state index in [1.54, 1.807) is 24.3 Å². The second kappa shape index (κ2) is 11.6. The van der Waals surface area contributed by atoms with Crippen molar-refractivity contribution in [3.05, 3.63) is 108 Å². The number of amides is 1. The molecule has 0 fully saturated rings. The maximum absolute atomic E-state index is 13.1. The summed E-state index contributed by atoms with van der Waals surface area (Å²) in [6.45, 7) is 1.88. The number of rotatable bonds is 6. The van der Waals surface area contributed by atoms with E-state index in [1.165, 1.54) is 0 Å². The number of hydrogen-bond acceptors (Lipinski definition) is 6. The average Bonchev–Trinajstić information content (AvgIpc) is 3.30. The molecule has 5 rings (SSSR count). The Morgan fingerprint density at radius 3 is 2.16 bits per heavy atom. The van der Waals surface area contributed by atoms with Gasteiger partial charge in [0.05, 0.1) is 17.1 Å². The topological polar surface area (TPSA) is 103 Å². The Kier molecular flexibility index (Phi) is 7.65. The summed E-state index contributed by atoms with van der Waals surface area (Å²) < 4.78 is 6.01. The molecule has 0 saturated carbocycles. The number of hydrogen-bond donors (Lipinski definition) is 3. The van der Waals surface area contributed by atoms with Crippen LogP contribution in [0.15, 0.2) is 105 Å². The third-order valence-electron chi connectivity index (χ3n) is 6.02. The smallest absolute Gasteiger partial charge is 0.291 e. The monoisotopic (exact) mass is 522 g/mol. The first kappa shape index (κ1) is 25.0. The largest absolute Gasteiger partial charge is 0.455 e. The van der Waals surface area contributed by atoms with Crippen LogP contribution in [0, 0.1) is 6.92 Å². The number of furan rings is 1. The number of fused-ring (bicyclic) bond motifs is 1. The van der Waals surface area contributed by atoms with Crippen molar-refractivity contribution in [2.75, 3.05) is 10.6 Å². The molecule has 8 nitrogen and oxygen atoms in total. The van der Waals surface area contributed by atoms with Crippen LogP contribution in [0.3, 0.4) is 0 Å². The molecular weight excluding hydrogens is 496 g/mol. The summed E-state index contributed by atoms with van der Waals surface area (Å²) in [7, 11) is 0. The molecule has 38 heavy (non-hydrogen) atoms. The van der Waals surface area contributed by atoms with Gasteiger partial charge in [-0.1, -0.05) is 36.4 Å². The molecule has 4 aromatic rings. The third kappa shape index (κ3) is 6.01. The number of carbonyl (C=O) groups is 1. The molecule has 3 N–H and O–H groups in total. The predicted octanol–water partition coefficient (Wildman–Crippen LogP) is 7.28. The summed E-state index contributed by atoms with van der Waals surface area (Å²) in [5, 5.41) is 19.4. The van der Waals surface area contributed by atoms with E-state index in [4.69, 9.17) is 16.6 Å². The zero-order valence-electron chi connectivity index (χ0n) is 20.8. The second-order valence-electron chi connectivity index (χ2n) is 8.73. The molecule has 1 aliphatic carbocycles. The van der Waals surface area contributed by atoms with E-state index in [-0.39, 0.29) is 11.7 Å². The van der Waals surface area contributed by atoms with Crippen molar-refractivity contribution in [3.63, 3.8) is 0 Å². The number of benzene rings is 3. The van der Waals surface area contributed by atoms with Crippen molar-refractivity contribution in [2.24, 2.45) is 15.3 Å². The van der Waals surface area contributed by atoms with Gasteiger partial charge < -0.3 is 15.1 Å². The summed E-state index contributed by atoms with van der Waals surface area (Å²) in [5.41, 5.74) is 8.33. The Labute approximate surface area is 225 Å². The lowest BCUT2D eigenvalue weighted by molar-refractivity contribution is 0.0994. The highest BCUT2D eigenvalue weighted by molar-refractivity contribution is 7.80. The lowest BCUT2D eigenvalue weighted by Gasteiger charge is -2.14. The van der Waals surface area contributed by atoms with Crippen LogP contribution >= 0.6 is 12.2 Å². The molecular formula is C29H26N6O2S. The van der Waals surface area contributed by atoms with Crippen molar-refractivity contribution in [2.45, 2.75) is 26.2 Å². The van der Waals surface area contributed by atoms with Gasteiger partial charge in [-0.3, -0.25) is 10.2 Å². The van der Waals surface area contributed by atoms with Gasteiger partial charge in [-0.25, -0.2) is 0 Å². The Morgan fingerprint density at radius 1 is 0.816 bits per heavy atom. The van der Waals surface area contributed by atoms with Crippen LogP contribution in [0.4, 0.5) is 22.7 Å². The highest BCUT2D eigenvalue weighted by Gasteiger charge is 2.28. The molecule has 0 atom stereocenters. The zero-order valence-corrected chi connectivity index (χ0v) is 21.6. The Bertz CT molecular complexity index is 1500. The van der Waals surface area contributed by atoms with Crippen LogP contribution in [-0.4, -0.2) is 16.7 Å². The van der Waals surface area contributed by atoms with Crippen LogP contribution < -0.4 is 16.1 Å². The summed E-state index contributed by atoms with van der Waals surface area (Å²) in [4.78, 5) is 13.1. The number of thiocarbonyl (C=S) groups is 1. The fraction of sp³-hybridized carbons (Fsp3) is 0.138. The quantitative estimate of drug-likeness (QED) is 0.140. The van der Waals surface area contributed by atoms with Crippen LogP contribution in [-0.2, 0) is 6.42 Å². The van der Waals surface area contributed by atoms with E-state index >= 15 is 0 Å². The van der Waals surface area contributed by atoms with Gasteiger partial charge >= 0.3 is 0 Å². The molecule has 0 spiro atoms. The van der Waals surface area contributed by atoms with Gasteiger partial charge in [0.25, 0.3) is 5.91 Å². The molecule has 190 valence electrons. The number of hydrazone groups is 1. The third-order valence-corrected chi connectivity index (χ3v) is 6.21. The van der Waals surface area contributed by atoms with E-state index in [1.807, 2.05) is 67.6 Å². The Balaban J connectivity index is 1.26. The van der Waals surface area contributed by atoms with Gasteiger partial charge in [-0.2, -0.15) is 15.3 Å². The second-order valence-corrected chi connectivity index (χ2v) is 9.14. The number of para-hydroxylation sites is 1. The Morgan fingerprint density at radius 2 is 1.45 bits per heavy atom. The highest BCUT2D eigenvalue weighted by atomic mass is 32.1. The molecule has 1 aromatic heterocycles. The van der Waals surface area contributed by atoms with Crippen molar-refractivity contribution < 1.29 is 9.21 Å². The number of nitrogens with zero attached hydrogens (tertiary/aromatic N) is 3. The fourth-order valence-electron chi connectivity index (χ4n) is 4.20. The molecule has 0 bridgehead atoms. The molecule has 1 aliphatic rings. The first-order valence-electron chi connectivity index (χ1n) is 12.3. The van der Waals surface area contributed by atoms with Gasteiger partial charge in [-0.05, 0) is 80.5 Å². The summed E-state index contributed by atoms with van der Waals surface area (Å²) in [5.74, 6) is 0.727. The number of aryl methyl sites for hydroxylation is 1. The fourth-order valence-corrected chi connectivity index (χ4v) is 4.37. The number of azo groups is 1.